The minimum atomic E-state index is -0.531. The molecule has 0 saturated carbocycles. The average molecular weight is 375 g/mol. The molecule has 4 rings (SSSR count). The molecule has 1 unspecified atom stereocenters. The lowest BCUT2D eigenvalue weighted by Crippen LogP contribution is -2.47. The fraction of sp³-hybridized carbons (Fsp3) is 0.474. The molecule has 1 fully saturated rings. The normalized spacial score (nSPS) is 20.3. The molecule has 3 heterocycles. The Bertz CT molecular complexity index is 817. The van der Waals surface area contributed by atoms with Crippen molar-refractivity contribution in [1.82, 2.24) is 25.7 Å². The summed E-state index contributed by atoms with van der Waals surface area (Å²) in [6.45, 7) is 3.03. The van der Waals surface area contributed by atoms with Crippen molar-refractivity contribution in [3.05, 3.63) is 52.3 Å². The van der Waals surface area contributed by atoms with Gasteiger partial charge in [-0.05, 0) is 31.5 Å². The molecule has 0 spiro atoms. The fourth-order valence-corrected chi connectivity index (χ4v) is 3.89. The standard InChI is InChI=1S/C19H23F2N5O/c20-15-4-1-5-16(21)14(15)11-26-8-2-3-12(10-26)23-19(27)18-13-9-22-7-6-17(13)24-25-18/h1,4-5,12,22H,2-3,6-11H2,(H,23,27)(H,24,25). The number of rotatable bonds is 4. The molecule has 0 radical (unpaired) electrons. The number of piperidine rings is 1. The monoisotopic (exact) mass is 375 g/mol. The zero-order valence-electron chi connectivity index (χ0n) is 15.0. The highest BCUT2D eigenvalue weighted by Crippen LogP contribution is 2.19. The van der Waals surface area contributed by atoms with Crippen molar-refractivity contribution in [2.45, 2.75) is 38.4 Å². The molecule has 2 aromatic rings. The van der Waals surface area contributed by atoms with Gasteiger partial charge in [0.15, 0.2) is 5.69 Å². The van der Waals surface area contributed by atoms with E-state index >= 15 is 0 Å². The highest BCUT2D eigenvalue weighted by Gasteiger charge is 2.26. The van der Waals surface area contributed by atoms with Crippen LogP contribution in [0.1, 0.15) is 40.2 Å². The lowest BCUT2D eigenvalue weighted by atomic mass is 10.0. The summed E-state index contributed by atoms with van der Waals surface area (Å²) in [4.78, 5) is 14.6. The predicted molar refractivity (Wildman–Crippen MR) is 96.1 cm³/mol. The summed E-state index contributed by atoms with van der Waals surface area (Å²) >= 11 is 0. The van der Waals surface area contributed by atoms with Crippen molar-refractivity contribution >= 4 is 5.91 Å². The molecule has 1 aromatic heterocycles. The third-order valence-corrected chi connectivity index (χ3v) is 5.31. The molecule has 1 aromatic carbocycles. The number of hydrogen-bond acceptors (Lipinski definition) is 4. The van der Waals surface area contributed by atoms with Gasteiger partial charge in [0.2, 0.25) is 0 Å². The number of likely N-dealkylation sites (tertiary alicyclic amines) is 1. The minimum absolute atomic E-state index is 0.0648. The molecule has 1 saturated heterocycles. The van der Waals surface area contributed by atoms with Crippen LogP contribution in [-0.2, 0) is 19.5 Å². The first kappa shape index (κ1) is 18.1. The van der Waals surface area contributed by atoms with E-state index in [2.05, 4.69) is 20.8 Å². The maximum absolute atomic E-state index is 13.9. The highest BCUT2D eigenvalue weighted by atomic mass is 19.1. The molecule has 6 nitrogen and oxygen atoms in total. The van der Waals surface area contributed by atoms with E-state index in [9.17, 15) is 13.6 Å². The van der Waals surface area contributed by atoms with E-state index in [4.69, 9.17) is 0 Å². The van der Waals surface area contributed by atoms with Gasteiger partial charge in [-0.3, -0.25) is 14.8 Å². The predicted octanol–water partition coefficient (Wildman–Crippen LogP) is 1.73. The van der Waals surface area contributed by atoms with E-state index in [1.54, 1.807) is 0 Å². The third kappa shape index (κ3) is 3.86. The van der Waals surface area contributed by atoms with E-state index in [1.165, 1.54) is 18.2 Å². The molecule has 0 aliphatic carbocycles. The molecular weight excluding hydrogens is 352 g/mol. The van der Waals surface area contributed by atoms with Crippen molar-refractivity contribution < 1.29 is 13.6 Å². The second kappa shape index (κ2) is 7.74. The number of fused-ring (bicyclic) bond motifs is 1. The fourth-order valence-electron chi connectivity index (χ4n) is 3.89. The third-order valence-electron chi connectivity index (χ3n) is 5.31. The summed E-state index contributed by atoms with van der Waals surface area (Å²) in [6, 6.07) is 3.85. The second-order valence-corrected chi connectivity index (χ2v) is 7.20. The average Bonchev–Trinajstić information content (AvgIpc) is 3.09. The molecule has 27 heavy (non-hydrogen) atoms. The first-order valence-electron chi connectivity index (χ1n) is 9.34. The summed E-state index contributed by atoms with van der Waals surface area (Å²) < 4.78 is 27.8. The van der Waals surface area contributed by atoms with Crippen LogP contribution in [0.4, 0.5) is 8.78 Å². The van der Waals surface area contributed by atoms with Crippen LogP contribution in [-0.4, -0.2) is 46.7 Å². The SMILES string of the molecule is O=C(NC1CCCN(Cc2c(F)cccc2F)C1)c1n[nH]c2c1CNCC2. The minimum Gasteiger partial charge on any atom is -0.347 e. The molecular formula is C19H23F2N5O. The topological polar surface area (TPSA) is 73.0 Å². The Balaban J connectivity index is 1.40. The molecule has 3 N–H and O–H groups in total. The number of aromatic amines is 1. The number of hydrogen-bond donors (Lipinski definition) is 3. The second-order valence-electron chi connectivity index (χ2n) is 7.20. The Labute approximate surface area is 156 Å². The van der Waals surface area contributed by atoms with Gasteiger partial charge < -0.3 is 10.6 Å². The molecule has 0 bridgehead atoms. The van der Waals surface area contributed by atoms with Crippen LogP contribution >= 0.6 is 0 Å². The van der Waals surface area contributed by atoms with Crippen LogP contribution in [0.25, 0.3) is 0 Å². The zero-order valence-corrected chi connectivity index (χ0v) is 15.0. The summed E-state index contributed by atoms with van der Waals surface area (Å²) in [7, 11) is 0. The lowest BCUT2D eigenvalue weighted by Gasteiger charge is -2.33. The smallest absolute Gasteiger partial charge is 0.272 e. The summed E-state index contributed by atoms with van der Waals surface area (Å²) in [5.74, 6) is -1.26. The molecule has 144 valence electrons. The van der Waals surface area contributed by atoms with Crippen LogP contribution < -0.4 is 10.6 Å². The van der Waals surface area contributed by atoms with Crippen molar-refractivity contribution in [3.63, 3.8) is 0 Å². The quantitative estimate of drug-likeness (QED) is 0.761. The van der Waals surface area contributed by atoms with Gasteiger partial charge >= 0.3 is 0 Å². The van der Waals surface area contributed by atoms with E-state index in [1.807, 2.05) is 4.90 Å². The molecule has 1 amide bonds. The van der Waals surface area contributed by atoms with Crippen LogP contribution in [0.5, 0.6) is 0 Å². The van der Waals surface area contributed by atoms with Crippen LogP contribution in [0.3, 0.4) is 0 Å². The van der Waals surface area contributed by atoms with Crippen LogP contribution in [0.2, 0.25) is 0 Å². The van der Waals surface area contributed by atoms with E-state index < -0.39 is 11.6 Å². The van der Waals surface area contributed by atoms with Crippen molar-refractivity contribution in [2.24, 2.45) is 0 Å². The Morgan fingerprint density at radius 3 is 2.96 bits per heavy atom. The zero-order chi connectivity index (χ0) is 18.8. The maximum atomic E-state index is 13.9. The Kier molecular flexibility index (Phi) is 5.18. The van der Waals surface area contributed by atoms with Gasteiger partial charge in [0, 0.05) is 55.5 Å². The highest BCUT2D eigenvalue weighted by molar-refractivity contribution is 5.94. The van der Waals surface area contributed by atoms with Gasteiger partial charge in [-0.15, -0.1) is 0 Å². The summed E-state index contributed by atoms with van der Waals surface area (Å²) in [5, 5.41) is 13.4. The number of carbonyl (C=O) groups excluding carboxylic acids is 1. The molecule has 2 aliphatic heterocycles. The Hall–Kier alpha value is -2.32. The van der Waals surface area contributed by atoms with Gasteiger partial charge in [0.25, 0.3) is 5.91 Å². The number of H-pyrrole nitrogens is 1. The van der Waals surface area contributed by atoms with Crippen molar-refractivity contribution in [3.8, 4) is 0 Å². The Morgan fingerprint density at radius 1 is 1.33 bits per heavy atom. The van der Waals surface area contributed by atoms with Crippen LogP contribution in [0.15, 0.2) is 18.2 Å². The van der Waals surface area contributed by atoms with Gasteiger partial charge in [-0.1, -0.05) is 6.07 Å². The largest absolute Gasteiger partial charge is 0.347 e. The lowest BCUT2D eigenvalue weighted by molar-refractivity contribution is 0.0893. The van der Waals surface area contributed by atoms with Gasteiger partial charge in [0.1, 0.15) is 11.6 Å². The van der Waals surface area contributed by atoms with Gasteiger partial charge in [-0.2, -0.15) is 5.10 Å². The van der Waals surface area contributed by atoms with Crippen molar-refractivity contribution in [2.75, 3.05) is 19.6 Å². The maximum Gasteiger partial charge on any atom is 0.272 e. The Morgan fingerprint density at radius 2 is 2.15 bits per heavy atom. The van der Waals surface area contributed by atoms with E-state index in [0.29, 0.717) is 18.8 Å². The number of carbonyl (C=O) groups is 1. The molecule has 8 heteroatoms. The number of benzene rings is 1. The summed E-state index contributed by atoms with van der Waals surface area (Å²) in [6.07, 6.45) is 2.54. The number of nitrogens with zero attached hydrogens (tertiary/aromatic N) is 2. The van der Waals surface area contributed by atoms with E-state index in [0.717, 1.165) is 43.6 Å². The number of aromatic nitrogens is 2. The number of nitrogens with one attached hydrogen (secondary N) is 3. The van der Waals surface area contributed by atoms with E-state index in [-0.39, 0.29) is 24.1 Å². The number of halogens is 2. The van der Waals surface area contributed by atoms with Gasteiger partial charge in [0.05, 0.1) is 0 Å². The molecule has 2 aliphatic rings. The van der Waals surface area contributed by atoms with Crippen LogP contribution in [0, 0.1) is 11.6 Å². The molecule has 1 atom stereocenters. The number of amides is 1. The van der Waals surface area contributed by atoms with Crippen molar-refractivity contribution in [1.29, 1.82) is 0 Å². The first-order chi connectivity index (χ1) is 13.1. The summed E-state index contributed by atoms with van der Waals surface area (Å²) in [5.41, 5.74) is 2.46. The first-order valence-corrected chi connectivity index (χ1v) is 9.34. The van der Waals surface area contributed by atoms with Gasteiger partial charge in [-0.25, -0.2) is 8.78 Å².